The fourth-order valence-electron chi connectivity index (χ4n) is 4.55. The summed E-state index contributed by atoms with van der Waals surface area (Å²) in [6.07, 6.45) is 0.565. The average Bonchev–Trinajstić information content (AvgIpc) is 3.39. The zero-order chi connectivity index (χ0) is 24.7. The first-order valence-electron chi connectivity index (χ1n) is 11.1. The molecule has 1 aliphatic heterocycles. The van der Waals surface area contributed by atoms with Crippen LogP contribution in [-0.4, -0.2) is 39.8 Å². The molecule has 0 fully saturated rings. The number of hydrogen-bond donors (Lipinski definition) is 2. The molecule has 6 nitrogen and oxygen atoms in total. The number of benzene rings is 3. The molecule has 0 bridgehead atoms. The number of carbonyl (C=O) groups is 1. The standard InChI is InChI=1S/C27H23ClFN3O3/c1-15-13-22(33)19(14-20(15)28)24-23-25(31-30-24)27(34)32(26(23)18-5-3-4-6-21(18)29)12-11-16-7-9-17(35-2)10-8-16/h3-10,13-14,26,33H,11-12H2,1-2H3,(H,30,31). The van der Waals surface area contributed by atoms with Crippen molar-refractivity contribution in [2.24, 2.45) is 0 Å². The van der Waals surface area contributed by atoms with Crippen molar-refractivity contribution >= 4 is 17.5 Å². The number of fused-ring (bicyclic) bond motifs is 1. The minimum Gasteiger partial charge on any atom is -0.507 e. The Balaban J connectivity index is 1.58. The number of amides is 1. The molecule has 1 unspecified atom stereocenters. The molecule has 8 heteroatoms. The van der Waals surface area contributed by atoms with E-state index in [1.807, 2.05) is 24.3 Å². The van der Waals surface area contributed by atoms with Gasteiger partial charge in [0.2, 0.25) is 0 Å². The SMILES string of the molecule is COc1ccc(CCN2C(=O)c3[nH]nc(-c4cc(Cl)c(C)cc4O)c3C2c2ccccc2F)cc1. The lowest BCUT2D eigenvalue weighted by Gasteiger charge is -2.27. The number of H-pyrrole nitrogens is 1. The van der Waals surface area contributed by atoms with Gasteiger partial charge in [0, 0.05) is 28.3 Å². The lowest BCUT2D eigenvalue weighted by molar-refractivity contribution is 0.0744. The van der Waals surface area contributed by atoms with Gasteiger partial charge in [-0.1, -0.05) is 41.9 Å². The molecule has 0 spiro atoms. The number of phenols is 1. The minimum absolute atomic E-state index is 0.0161. The lowest BCUT2D eigenvalue weighted by Crippen LogP contribution is -2.32. The number of aromatic amines is 1. The Kier molecular flexibility index (Phi) is 5.94. The first-order chi connectivity index (χ1) is 16.9. The second kappa shape index (κ2) is 9.07. The van der Waals surface area contributed by atoms with Crippen molar-refractivity contribution in [1.82, 2.24) is 15.1 Å². The van der Waals surface area contributed by atoms with E-state index in [1.165, 1.54) is 6.07 Å². The Hall–Kier alpha value is -3.84. The number of ether oxygens (including phenoxy) is 1. The van der Waals surface area contributed by atoms with Crippen molar-refractivity contribution < 1.29 is 19.0 Å². The number of carbonyl (C=O) groups excluding carboxylic acids is 1. The Morgan fingerprint density at radius 1 is 1.17 bits per heavy atom. The normalized spacial score (nSPS) is 14.9. The van der Waals surface area contributed by atoms with E-state index < -0.39 is 11.9 Å². The monoisotopic (exact) mass is 491 g/mol. The largest absolute Gasteiger partial charge is 0.507 e. The van der Waals surface area contributed by atoms with E-state index in [-0.39, 0.29) is 17.4 Å². The molecule has 3 aromatic carbocycles. The highest BCUT2D eigenvalue weighted by molar-refractivity contribution is 6.31. The summed E-state index contributed by atoms with van der Waals surface area (Å²) >= 11 is 6.33. The van der Waals surface area contributed by atoms with E-state index in [0.29, 0.717) is 45.9 Å². The summed E-state index contributed by atoms with van der Waals surface area (Å²) in [4.78, 5) is 15.1. The predicted molar refractivity (Wildman–Crippen MR) is 131 cm³/mol. The number of phenolic OH excluding ortho intramolecular Hbond substituents is 1. The van der Waals surface area contributed by atoms with Crippen LogP contribution in [-0.2, 0) is 6.42 Å². The number of halogens is 2. The molecule has 0 aliphatic carbocycles. The van der Waals surface area contributed by atoms with Gasteiger partial charge in [-0.3, -0.25) is 9.89 Å². The molecule has 0 saturated heterocycles. The molecule has 0 saturated carbocycles. The number of nitrogens with one attached hydrogen (secondary N) is 1. The van der Waals surface area contributed by atoms with Crippen LogP contribution in [0.2, 0.25) is 5.02 Å². The summed E-state index contributed by atoms with van der Waals surface area (Å²) in [6, 6.07) is 16.5. The number of rotatable bonds is 6. The van der Waals surface area contributed by atoms with Crippen LogP contribution in [0.4, 0.5) is 4.39 Å². The number of hydrogen-bond acceptors (Lipinski definition) is 4. The molecular formula is C27H23ClFN3O3. The first-order valence-corrected chi connectivity index (χ1v) is 11.5. The van der Waals surface area contributed by atoms with Gasteiger partial charge in [-0.25, -0.2) is 4.39 Å². The zero-order valence-electron chi connectivity index (χ0n) is 19.2. The van der Waals surface area contributed by atoms with Crippen molar-refractivity contribution in [3.63, 3.8) is 0 Å². The fraction of sp³-hybridized carbons (Fsp3) is 0.185. The van der Waals surface area contributed by atoms with Gasteiger partial charge in [0.25, 0.3) is 5.91 Å². The van der Waals surface area contributed by atoms with Crippen LogP contribution in [0.15, 0.2) is 60.7 Å². The van der Waals surface area contributed by atoms with Crippen LogP contribution in [0.5, 0.6) is 11.5 Å². The third kappa shape index (κ3) is 4.02. The predicted octanol–water partition coefficient (Wildman–Crippen LogP) is 5.68. The number of nitrogens with zero attached hydrogens (tertiary/aromatic N) is 2. The average molecular weight is 492 g/mol. The quantitative estimate of drug-likeness (QED) is 0.364. The summed E-state index contributed by atoms with van der Waals surface area (Å²) in [5.41, 5.74) is 3.63. The van der Waals surface area contributed by atoms with Crippen LogP contribution in [0.25, 0.3) is 11.3 Å². The van der Waals surface area contributed by atoms with Crippen LogP contribution in [0.3, 0.4) is 0 Å². The third-order valence-corrected chi connectivity index (χ3v) is 6.80. The Morgan fingerprint density at radius 2 is 1.91 bits per heavy atom. The van der Waals surface area contributed by atoms with Crippen molar-refractivity contribution in [3.8, 4) is 22.8 Å². The molecular weight excluding hydrogens is 469 g/mol. The van der Waals surface area contributed by atoms with Crippen molar-refractivity contribution in [2.75, 3.05) is 13.7 Å². The summed E-state index contributed by atoms with van der Waals surface area (Å²) in [5.74, 6) is 0.0271. The van der Waals surface area contributed by atoms with E-state index in [4.69, 9.17) is 16.3 Å². The van der Waals surface area contributed by atoms with E-state index in [2.05, 4.69) is 10.2 Å². The van der Waals surface area contributed by atoms with Crippen LogP contribution < -0.4 is 4.74 Å². The Labute approximate surface area is 206 Å². The molecule has 35 heavy (non-hydrogen) atoms. The lowest BCUT2D eigenvalue weighted by atomic mass is 9.94. The highest BCUT2D eigenvalue weighted by Gasteiger charge is 2.43. The Bertz CT molecular complexity index is 1420. The van der Waals surface area contributed by atoms with Crippen molar-refractivity contribution in [2.45, 2.75) is 19.4 Å². The molecule has 2 N–H and O–H groups in total. The summed E-state index contributed by atoms with van der Waals surface area (Å²) < 4.78 is 20.3. The maximum atomic E-state index is 15.1. The van der Waals surface area contributed by atoms with Crippen LogP contribution in [0, 0.1) is 12.7 Å². The molecule has 2 heterocycles. The zero-order valence-corrected chi connectivity index (χ0v) is 19.9. The van der Waals surface area contributed by atoms with Gasteiger partial charge >= 0.3 is 0 Å². The fourth-order valence-corrected chi connectivity index (χ4v) is 4.71. The Morgan fingerprint density at radius 3 is 2.63 bits per heavy atom. The maximum Gasteiger partial charge on any atom is 0.273 e. The molecule has 178 valence electrons. The van der Waals surface area contributed by atoms with Gasteiger partial charge in [-0.15, -0.1) is 0 Å². The molecule has 0 radical (unpaired) electrons. The van der Waals surface area contributed by atoms with E-state index in [0.717, 1.165) is 11.3 Å². The maximum absolute atomic E-state index is 15.1. The molecule has 1 aromatic heterocycles. The highest BCUT2D eigenvalue weighted by atomic mass is 35.5. The minimum atomic E-state index is -0.717. The topological polar surface area (TPSA) is 78.5 Å². The number of aryl methyl sites for hydroxylation is 1. The van der Waals surface area contributed by atoms with Gasteiger partial charge in [-0.2, -0.15) is 5.10 Å². The molecule has 1 atom stereocenters. The second-order valence-electron chi connectivity index (χ2n) is 8.50. The molecule has 5 rings (SSSR count). The van der Waals surface area contributed by atoms with Gasteiger partial charge in [0.15, 0.2) is 0 Å². The number of aromatic hydroxyl groups is 1. The highest BCUT2D eigenvalue weighted by Crippen LogP contribution is 2.45. The van der Waals surface area contributed by atoms with E-state index in [1.54, 1.807) is 49.3 Å². The van der Waals surface area contributed by atoms with Crippen LogP contribution >= 0.6 is 11.6 Å². The van der Waals surface area contributed by atoms with Gasteiger partial charge < -0.3 is 14.7 Å². The van der Waals surface area contributed by atoms with Crippen molar-refractivity contribution in [3.05, 3.63) is 99.5 Å². The third-order valence-electron chi connectivity index (χ3n) is 6.40. The van der Waals surface area contributed by atoms with Gasteiger partial charge in [0.1, 0.15) is 28.7 Å². The van der Waals surface area contributed by atoms with Crippen LogP contribution in [0.1, 0.15) is 38.8 Å². The van der Waals surface area contributed by atoms with Gasteiger partial charge in [-0.05, 0) is 54.8 Å². The second-order valence-corrected chi connectivity index (χ2v) is 8.91. The number of aromatic nitrogens is 2. The molecule has 1 aliphatic rings. The summed E-state index contributed by atoms with van der Waals surface area (Å²) in [6.45, 7) is 2.14. The first kappa shape index (κ1) is 22.9. The smallest absolute Gasteiger partial charge is 0.273 e. The molecule has 1 amide bonds. The molecule has 4 aromatic rings. The summed E-state index contributed by atoms with van der Waals surface area (Å²) in [5, 5.41) is 18.3. The van der Waals surface area contributed by atoms with Gasteiger partial charge in [0.05, 0.1) is 13.2 Å². The van der Waals surface area contributed by atoms with E-state index in [9.17, 15) is 9.90 Å². The summed E-state index contributed by atoms with van der Waals surface area (Å²) in [7, 11) is 1.61. The number of methoxy groups -OCH3 is 1. The van der Waals surface area contributed by atoms with Crippen molar-refractivity contribution in [1.29, 1.82) is 0 Å². The van der Waals surface area contributed by atoms with E-state index >= 15 is 4.39 Å².